The van der Waals surface area contributed by atoms with Crippen molar-refractivity contribution in [3.8, 4) is 0 Å². The van der Waals surface area contributed by atoms with E-state index >= 15 is 0 Å². The molecule has 3 heteroatoms. The van der Waals surface area contributed by atoms with Crippen molar-refractivity contribution in [1.82, 2.24) is 4.90 Å². The average molecular weight is 256 g/mol. The summed E-state index contributed by atoms with van der Waals surface area (Å²) in [5.74, 6) is 0. The molecule has 1 aliphatic heterocycles. The maximum atomic E-state index is 5.72. The van der Waals surface area contributed by atoms with E-state index in [0.717, 1.165) is 24.2 Å². The highest BCUT2D eigenvalue weighted by Gasteiger charge is 2.18. The predicted octanol–water partition coefficient (Wildman–Crippen LogP) is 2.45. The summed E-state index contributed by atoms with van der Waals surface area (Å²) in [6.45, 7) is 2.85. The first kappa shape index (κ1) is 10.1. The van der Waals surface area contributed by atoms with E-state index in [2.05, 4.69) is 52.1 Å². The molecule has 1 aliphatic rings. The first-order valence-corrected chi connectivity index (χ1v) is 5.60. The highest BCUT2D eigenvalue weighted by molar-refractivity contribution is 9.10. The molecule has 0 N–H and O–H groups in total. The highest BCUT2D eigenvalue weighted by atomic mass is 79.9. The van der Waals surface area contributed by atoms with Gasteiger partial charge >= 0.3 is 0 Å². The minimum Gasteiger partial charge on any atom is -0.371 e. The summed E-state index contributed by atoms with van der Waals surface area (Å²) in [5, 5.41) is 0. The molecule has 0 aromatic heterocycles. The molecule has 0 spiro atoms. The van der Waals surface area contributed by atoms with Crippen molar-refractivity contribution in [2.24, 2.45) is 0 Å². The second-order valence-corrected chi connectivity index (χ2v) is 4.59. The lowest BCUT2D eigenvalue weighted by atomic mass is 10.1. The Morgan fingerprint density at radius 1 is 1.36 bits per heavy atom. The zero-order valence-electron chi connectivity index (χ0n) is 8.24. The van der Waals surface area contributed by atoms with Crippen LogP contribution < -0.4 is 0 Å². The van der Waals surface area contributed by atoms with Crippen LogP contribution in [0.15, 0.2) is 28.7 Å². The van der Waals surface area contributed by atoms with E-state index in [4.69, 9.17) is 4.74 Å². The van der Waals surface area contributed by atoms with Crippen LogP contribution >= 0.6 is 15.9 Å². The van der Waals surface area contributed by atoms with Crippen molar-refractivity contribution in [3.63, 3.8) is 0 Å². The molecule has 0 radical (unpaired) electrons. The Balaban J connectivity index is 2.10. The molecule has 0 saturated carbocycles. The Bertz CT molecular complexity index is 299. The van der Waals surface area contributed by atoms with Gasteiger partial charge in [0.2, 0.25) is 0 Å². The van der Waals surface area contributed by atoms with Crippen LogP contribution in [0.2, 0.25) is 0 Å². The van der Waals surface area contributed by atoms with E-state index in [1.54, 1.807) is 0 Å². The van der Waals surface area contributed by atoms with Gasteiger partial charge in [-0.15, -0.1) is 0 Å². The third-order valence-electron chi connectivity index (χ3n) is 2.51. The van der Waals surface area contributed by atoms with Gasteiger partial charge in [-0.1, -0.05) is 28.1 Å². The van der Waals surface area contributed by atoms with Crippen molar-refractivity contribution in [1.29, 1.82) is 0 Å². The molecule has 1 aromatic rings. The minimum atomic E-state index is 0.238. The zero-order chi connectivity index (χ0) is 9.97. The van der Waals surface area contributed by atoms with Crippen molar-refractivity contribution < 1.29 is 4.74 Å². The predicted molar refractivity (Wildman–Crippen MR) is 60.3 cm³/mol. The molecular formula is C11H14BrNO. The number of benzene rings is 1. The Morgan fingerprint density at radius 2 is 2.07 bits per heavy atom. The third kappa shape index (κ3) is 2.35. The fourth-order valence-electron chi connectivity index (χ4n) is 1.66. The summed E-state index contributed by atoms with van der Waals surface area (Å²) < 4.78 is 6.83. The van der Waals surface area contributed by atoms with Crippen LogP contribution in [-0.2, 0) is 4.74 Å². The first-order valence-electron chi connectivity index (χ1n) is 4.81. The molecule has 0 amide bonds. The molecule has 0 unspecified atom stereocenters. The largest absolute Gasteiger partial charge is 0.371 e. The van der Waals surface area contributed by atoms with E-state index in [1.165, 1.54) is 5.56 Å². The summed E-state index contributed by atoms with van der Waals surface area (Å²) in [5.41, 5.74) is 1.26. The van der Waals surface area contributed by atoms with Gasteiger partial charge in [-0.3, -0.25) is 0 Å². The standard InChI is InChI=1S/C11H14BrNO/c1-13-6-7-14-11(8-13)9-2-4-10(12)5-3-9/h2-5,11H,6-8H2,1H3/t11-/m0/s1. The molecule has 76 valence electrons. The SMILES string of the molecule is CN1CCO[C@H](c2ccc(Br)cc2)C1. The number of halogens is 1. The summed E-state index contributed by atoms with van der Waals surface area (Å²) in [7, 11) is 2.13. The number of nitrogens with zero attached hydrogens (tertiary/aromatic N) is 1. The van der Waals surface area contributed by atoms with Gasteiger partial charge in [-0.25, -0.2) is 0 Å². The van der Waals surface area contributed by atoms with Crippen molar-refractivity contribution in [2.75, 3.05) is 26.7 Å². The molecule has 0 bridgehead atoms. The van der Waals surface area contributed by atoms with Gasteiger partial charge in [0.15, 0.2) is 0 Å². The van der Waals surface area contributed by atoms with Gasteiger partial charge < -0.3 is 9.64 Å². The van der Waals surface area contributed by atoms with Crippen LogP contribution in [0.1, 0.15) is 11.7 Å². The van der Waals surface area contributed by atoms with E-state index in [0.29, 0.717) is 0 Å². The molecule has 1 saturated heterocycles. The summed E-state index contributed by atoms with van der Waals surface area (Å²) in [4.78, 5) is 2.30. The monoisotopic (exact) mass is 255 g/mol. The molecular weight excluding hydrogens is 242 g/mol. The van der Waals surface area contributed by atoms with E-state index in [1.807, 2.05) is 0 Å². The van der Waals surface area contributed by atoms with E-state index in [-0.39, 0.29) is 6.10 Å². The lowest BCUT2D eigenvalue weighted by Crippen LogP contribution is -2.35. The third-order valence-corrected chi connectivity index (χ3v) is 3.04. The van der Waals surface area contributed by atoms with Gasteiger partial charge in [-0.05, 0) is 24.7 Å². The Morgan fingerprint density at radius 3 is 2.71 bits per heavy atom. The van der Waals surface area contributed by atoms with Gasteiger partial charge in [0.05, 0.1) is 12.7 Å². The average Bonchev–Trinajstić information content (AvgIpc) is 2.19. The molecule has 1 aromatic carbocycles. The quantitative estimate of drug-likeness (QED) is 0.765. The Labute approximate surface area is 93.0 Å². The maximum absolute atomic E-state index is 5.72. The van der Waals surface area contributed by atoms with E-state index < -0.39 is 0 Å². The fraction of sp³-hybridized carbons (Fsp3) is 0.455. The molecule has 1 heterocycles. The number of rotatable bonds is 1. The number of hydrogen-bond donors (Lipinski definition) is 0. The topological polar surface area (TPSA) is 12.5 Å². The second kappa shape index (κ2) is 4.43. The lowest BCUT2D eigenvalue weighted by molar-refractivity contribution is -0.0209. The van der Waals surface area contributed by atoms with Gasteiger partial charge in [-0.2, -0.15) is 0 Å². The fourth-order valence-corrected chi connectivity index (χ4v) is 1.92. The summed E-state index contributed by atoms with van der Waals surface area (Å²) >= 11 is 3.43. The van der Waals surface area contributed by atoms with Gasteiger partial charge in [0, 0.05) is 17.6 Å². The zero-order valence-corrected chi connectivity index (χ0v) is 9.83. The molecule has 2 nitrogen and oxygen atoms in total. The van der Waals surface area contributed by atoms with Crippen LogP contribution in [0.3, 0.4) is 0 Å². The normalized spacial score (nSPS) is 23.7. The molecule has 1 fully saturated rings. The molecule has 14 heavy (non-hydrogen) atoms. The van der Waals surface area contributed by atoms with E-state index in [9.17, 15) is 0 Å². The number of likely N-dealkylation sites (N-methyl/N-ethyl adjacent to an activating group) is 1. The number of morpholine rings is 1. The van der Waals surface area contributed by atoms with Crippen LogP contribution in [-0.4, -0.2) is 31.6 Å². The molecule has 2 rings (SSSR count). The van der Waals surface area contributed by atoms with Gasteiger partial charge in [0.1, 0.15) is 0 Å². The van der Waals surface area contributed by atoms with Crippen LogP contribution in [0.5, 0.6) is 0 Å². The van der Waals surface area contributed by atoms with Gasteiger partial charge in [0.25, 0.3) is 0 Å². The van der Waals surface area contributed by atoms with Crippen LogP contribution in [0.25, 0.3) is 0 Å². The first-order chi connectivity index (χ1) is 6.75. The summed E-state index contributed by atoms with van der Waals surface area (Å²) in [6, 6.07) is 8.36. The van der Waals surface area contributed by atoms with Crippen LogP contribution in [0, 0.1) is 0 Å². The number of ether oxygens (including phenoxy) is 1. The van der Waals surface area contributed by atoms with Crippen LogP contribution in [0.4, 0.5) is 0 Å². The lowest BCUT2D eigenvalue weighted by Gasteiger charge is -2.30. The molecule has 1 atom stereocenters. The highest BCUT2D eigenvalue weighted by Crippen LogP contribution is 2.22. The van der Waals surface area contributed by atoms with Crippen molar-refractivity contribution in [2.45, 2.75) is 6.10 Å². The van der Waals surface area contributed by atoms with Crippen molar-refractivity contribution in [3.05, 3.63) is 34.3 Å². The van der Waals surface area contributed by atoms with Crippen molar-refractivity contribution >= 4 is 15.9 Å². The minimum absolute atomic E-state index is 0.238. The summed E-state index contributed by atoms with van der Waals surface area (Å²) in [6.07, 6.45) is 0.238. The molecule has 0 aliphatic carbocycles. The second-order valence-electron chi connectivity index (χ2n) is 3.67. The Hall–Kier alpha value is -0.380. The Kier molecular flexibility index (Phi) is 3.21. The maximum Gasteiger partial charge on any atom is 0.0952 e. The number of hydrogen-bond acceptors (Lipinski definition) is 2. The smallest absolute Gasteiger partial charge is 0.0952 e.